The molecule has 1 N–H and O–H groups in total. The van der Waals surface area contributed by atoms with E-state index < -0.39 is 16.1 Å². The van der Waals surface area contributed by atoms with Crippen LogP contribution in [-0.2, 0) is 32.6 Å². The fourth-order valence-corrected chi connectivity index (χ4v) is 6.76. The molecule has 1 atom stereocenters. The molecule has 230 valence electrons. The lowest BCUT2D eigenvalue weighted by atomic mass is 10.0. The van der Waals surface area contributed by atoms with Crippen LogP contribution in [-0.4, -0.2) is 50.0 Å². The van der Waals surface area contributed by atoms with E-state index in [1.54, 1.807) is 17.0 Å². The van der Waals surface area contributed by atoms with E-state index in [4.69, 9.17) is 0 Å². The van der Waals surface area contributed by atoms with Gasteiger partial charge in [0.25, 0.3) is 0 Å². The number of amides is 2. The van der Waals surface area contributed by atoms with Gasteiger partial charge < -0.3 is 10.2 Å². The van der Waals surface area contributed by atoms with E-state index in [1.165, 1.54) is 16.4 Å². The molecule has 9 heteroatoms. The summed E-state index contributed by atoms with van der Waals surface area (Å²) in [7, 11) is -3.60. The fourth-order valence-electron chi connectivity index (χ4n) is 5.81. The van der Waals surface area contributed by atoms with Gasteiger partial charge in [-0.05, 0) is 79.6 Å². The summed E-state index contributed by atoms with van der Waals surface area (Å²) < 4.78 is 40.5. The lowest BCUT2D eigenvalue weighted by Gasteiger charge is -2.33. The lowest BCUT2D eigenvalue weighted by molar-refractivity contribution is -0.141. The average Bonchev–Trinajstić information content (AvgIpc) is 3.46. The normalized spacial score (nSPS) is 14.3. The molecular formula is C34H42FN3O4S. The predicted octanol–water partition coefficient (Wildman–Crippen LogP) is 5.69. The molecular weight excluding hydrogens is 565 g/mol. The third-order valence-electron chi connectivity index (χ3n) is 7.89. The SMILES string of the molecule is Cc1cc(C)cc(N(CCCC(=O)N(Cc2ccc(F)cc2)C(Cc2ccccc2)C(=O)NC2CCCC2)S(C)(=O)=O)c1. The summed E-state index contributed by atoms with van der Waals surface area (Å²) in [6.45, 7) is 4.08. The Morgan fingerprint density at radius 3 is 2.16 bits per heavy atom. The van der Waals surface area contributed by atoms with Crippen molar-refractivity contribution in [2.45, 2.75) is 77.4 Å². The molecule has 0 aliphatic heterocycles. The average molecular weight is 608 g/mol. The molecule has 43 heavy (non-hydrogen) atoms. The Hall–Kier alpha value is -3.72. The molecule has 0 radical (unpaired) electrons. The van der Waals surface area contributed by atoms with E-state index in [2.05, 4.69) is 5.32 Å². The molecule has 7 nitrogen and oxygen atoms in total. The number of benzene rings is 3. The Morgan fingerprint density at radius 1 is 0.930 bits per heavy atom. The third-order valence-corrected chi connectivity index (χ3v) is 9.08. The second-order valence-corrected chi connectivity index (χ2v) is 13.5. The largest absolute Gasteiger partial charge is 0.352 e. The van der Waals surface area contributed by atoms with Crippen LogP contribution in [0.1, 0.15) is 60.8 Å². The Kier molecular flexibility index (Phi) is 11.0. The Labute approximate surface area is 255 Å². The molecule has 0 heterocycles. The molecule has 1 unspecified atom stereocenters. The van der Waals surface area contributed by atoms with Crippen molar-refractivity contribution in [3.63, 3.8) is 0 Å². The summed E-state index contributed by atoms with van der Waals surface area (Å²) in [4.78, 5) is 29.3. The molecule has 0 bridgehead atoms. The molecule has 3 aromatic rings. The third kappa shape index (κ3) is 9.38. The number of carbonyl (C=O) groups excluding carboxylic acids is 2. The van der Waals surface area contributed by atoms with Gasteiger partial charge in [0.05, 0.1) is 11.9 Å². The molecule has 3 aromatic carbocycles. The number of nitrogens with zero attached hydrogens (tertiary/aromatic N) is 2. The minimum atomic E-state index is -3.60. The molecule has 1 aliphatic carbocycles. The Morgan fingerprint density at radius 2 is 1.56 bits per heavy atom. The Bertz CT molecular complexity index is 1470. The minimum Gasteiger partial charge on any atom is -0.352 e. The van der Waals surface area contributed by atoms with Gasteiger partial charge in [-0.3, -0.25) is 13.9 Å². The van der Waals surface area contributed by atoms with E-state index in [-0.39, 0.29) is 49.6 Å². The second kappa shape index (κ2) is 14.6. The van der Waals surface area contributed by atoms with Crippen LogP contribution in [0.3, 0.4) is 0 Å². The van der Waals surface area contributed by atoms with E-state index in [9.17, 15) is 22.4 Å². The first-order valence-corrected chi connectivity index (χ1v) is 16.8. The first-order chi connectivity index (χ1) is 20.5. The lowest BCUT2D eigenvalue weighted by Crippen LogP contribution is -2.52. The van der Waals surface area contributed by atoms with Crippen molar-refractivity contribution in [3.8, 4) is 0 Å². The van der Waals surface area contributed by atoms with Crippen molar-refractivity contribution in [1.82, 2.24) is 10.2 Å². The number of hydrogen-bond acceptors (Lipinski definition) is 4. The zero-order chi connectivity index (χ0) is 31.0. The van der Waals surface area contributed by atoms with Crippen LogP contribution in [0.2, 0.25) is 0 Å². The number of carbonyl (C=O) groups is 2. The molecule has 1 aliphatic rings. The maximum absolute atomic E-state index is 14.0. The first-order valence-electron chi connectivity index (χ1n) is 14.9. The van der Waals surface area contributed by atoms with Crippen LogP contribution in [0.4, 0.5) is 10.1 Å². The Balaban J connectivity index is 1.59. The minimum absolute atomic E-state index is 0.0417. The number of sulfonamides is 1. The molecule has 2 amide bonds. The molecule has 4 rings (SSSR count). The smallest absolute Gasteiger partial charge is 0.243 e. The first kappa shape index (κ1) is 32.2. The summed E-state index contributed by atoms with van der Waals surface area (Å²) >= 11 is 0. The summed E-state index contributed by atoms with van der Waals surface area (Å²) in [6.07, 6.45) is 5.74. The fraction of sp³-hybridized carbons (Fsp3) is 0.412. The van der Waals surface area contributed by atoms with E-state index in [0.717, 1.165) is 48.6 Å². The standard InChI is InChI=1S/C34H42FN3O4S/c1-25-20-26(2)22-31(21-25)38(43(3,41)42)19-9-14-33(39)37(24-28-15-17-29(35)18-16-28)32(23-27-10-5-4-6-11-27)34(40)36-30-12-7-8-13-30/h4-6,10-11,15-18,20-22,30,32H,7-9,12-14,19,23-24H2,1-3H3,(H,36,40). The van der Waals surface area contributed by atoms with Crippen LogP contribution in [0.25, 0.3) is 0 Å². The van der Waals surface area contributed by atoms with Crippen molar-refractivity contribution in [2.24, 2.45) is 0 Å². The van der Waals surface area contributed by atoms with Crippen molar-refractivity contribution >= 4 is 27.5 Å². The molecule has 0 spiro atoms. The van der Waals surface area contributed by atoms with Crippen LogP contribution in [0, 0.1) is 19.7 Å². The molecule has 0 aromatic heterocycles. The topological polar surface area (TPSA) is 86.8 Å². The predicted molar refractivity (Wildman–Crippen MR) is 169 cm³/mol. The van der Waals surface area contributed by atoms with Crippen molar-refractivity contribution < 1.29 is 22.4 Å². The van der Waals surface area contributed by atoms with Gasteiger partial charge >= 0.3 is 0 Å². The van der Waals surface area contributed by atoms with Gasteiger partial charge in [-0.2, -0.15) is 0 Å². The molecule has 0 saturated heterocycles. The maximum Gasteiger partial charge on any atom is 0.243 e. The highest BCUT2D eigenvalue weighted by atomic mass is 32.2. The highest BCUT2D eigenvalue weighted by Crippen LogP contribution is 2.24. The number of aryl methyl sites for hydroxylation is 2. The van der Waals surface area contributed by atoms with Crippen molar-refractivity contribution in [3.05, 3.63) is 101 Å². The van der Waals surface area contributed by atoms with Crippen LogP contribution in [0.5, 0.6) is 0 Å². The maximum atomic E-state index is 14.0. The second-order valence-electron chi connectivity index (χ2n) is 11.6. The van der Waals surface area contributed by atoms with Crippen LogP contribution in [0.15, 0.2) is 72.8 Å². The van der Waals surface area contributed by atoms with Gasteiger partial charge in [0.1, 0.15) is 11.9 Å². The zero-order valence-corrected chi connectivity index (χ0v) is 26.1. The van der Waals surface area contributed by atoms with Crippen molar-refractivity contribution in [2.75, 3.05) is 17.1 Å². The summed E-state index contributed by atoms with van der Waals surface area (Å²) in [6, 6.07) is 20.4. The van der Waals surface area contributed by atoms with Gasteiger partial charge in [-0.1, -0.05) is 61.4 Å². The highest BCUT2D eigenvalue weighted by molar-refractivity contribution is 7.92. The van der Waals surface area contributed by atoms with Gasteiger partial charge in [0.2, 0.25) is 21.8 Å². The van der Waals surface area contributed by atoms with E-state index in [1.807, 2.05) is 62.4 Å². The molecule has 1 fully saturated rings. The summed E-state index contributed by atoms with van der Waals surface area (Å²) in [5, 5.41) is 3.18. The summed E-state index contributed by atoms with van der Waals surface area (Å²) in [5.74, 6) is -0.853. The summed E-state index contributed by atoms with van der Waals surface area (Å²) in [5.41, 5.74) is 4.08. The van der Waals surface area contributed by atoms with Crippen LogP contribution < -0.4 is 9.62 Å². The van der Waals surface area contributed by atoms with Crippen LogP contribution >= 0.6 is 0 Å². The van der Waals surface area contributed by atoms with Crippen molar-refractivity contribution in [1.29, 1.82) is 0 Å². The van der Waals surface area contributed by atoms with Gasteiger partial charge in [0, 0.05) is 32.0 Å². The number of nitrogens with one attached hydrogen (secondary N) is 1. The number of halogens is 1. The molecule has 1 saturated carbocycles. The van der Waals surface area contributed by atoms with E-state index in [0.29, 0.717) is 17.7 Å². The van der Waals surface area contributed by atoms with Gasteiger partial charge in [-0.15, -0.1) is 0 Å². The number of anilines is 1. The number of rotatable bonds is 13. The van der Waals surface area contributed by atoms with Gasteiger partial charge in [-0.25, -0.2) is 12.8 Å². The monoisotopic (exact) mass is 607 g/mol. The zero-order valence-electron chi connectivity index (χ0n) is 25.3. The highest BCUT2D eigenvalue weighted by Gasteiger charge is 2.32. The number of hydrogen-bond donors (Lipinski definition) is 1. The quantitative estimate of drug-likeness (QED) is 0.271. The van der Waals surface area contributed by atoms with E-state index >= 15 is 0 Å². The van der Waals surface area contributed by atoms with Gasteiger partial charge in [0.15, 0.2) is 0 Å².